The van der Waals surface area contributed by atoms with Crippen LogP contribution in [0.3, 0.4) is 0 Å². The molecule has 88 valence electrons. The molecule has 1 fully saturated rings. The molecule has 0 spiro atoms. The standard InChI is InChI=1S/C13H20N2O/c1-11-4-3-5-12(8-11)15-7-6-14(2)13(9-15)10-16/h3-5,8,13,16H,6-7,9-10H2,1-2H3. The van der Waals surface area contributed by atoms with E-state index in [0.717, 1.165) is 19.6 Å². The number of aliphatic hydroxyl groups is 1. The molecule has 16 heavy (non-hydrogen) atoms. The molecular formula is C13H20N2O. The molecule has 0 radical (unpaired) electrons. The van der Waals surface area contributed by atoms with Crippen LogP contribution >= 0.6 is 0 Å². The van der Waals surface area contributed by atoms with Crippen LogP contribution in [0.4, 0.5) is 5.69 Å². The molecule has 1 aliphatic heterocycles. The first-order chi connectivity index (χ1) is 7.70. The number of rotatable bonds is 2. The van der Waals surface area contributed by atoms with Crippen LogP contribution in [0.5, 0.6) is 0 Å². The summed E-state index contributed by atoms with van der Waals surface area (Å²) in [6.07, 6.45) is 0. The van der Waals surface area contributed by atoms with Gasteiger partial charge in [0.05, 0.1) is 12.6 Å². The van der Waals surface area contributed by atoms with E-state index in [1.165, 1.54) is 11.3 Å². The Morgan fingerprint density at radius 3 is 2.88 bits per heavy atom. The summed E-state index contributed by atoms with van der Waals surface area (Å²) in [5, 5.41) is 9.31. The number of aryl methyl sites for hydroxylation is 1. The van der Waals surface area contributed by atoms with Gasteiger partial charge in [0.15, 0.2) is 0 Å². The van der Waals surface area contributed by atoms with Crippen LogP contribution in [0.15, 0.2) is 24.3 Å². The molecule has 0 bridgehead atoms. The van der Waals surface area contributed by atoms with E-state index in [1.807, 2.05) is 0 Å². The Balaban J connectivity index is 2.11. The highest BCUT2D eigenvalue weighted by Crippen LogP contribution is 2.19. The molecule has 1 atom stereocenters. The summed E-state index contributed by atoms with van der Waals surface area (Å²) in [7, 11) is 2.08. The minimum absolute atomic E-state index is 0.235. The van der Waals surface area contributed by atoms with E-state index in [9.17, 15) is 5.11 Å². The van der Waals surface area contributed by atoms with E-state index in [-0.39, 0.29) is 12.6 Å². The second kappa shape index (κ2) is 4.85. The van der Waals surface area contributed by atoms with Crippen molar-refractivity contribution in [3.05, 3.63) is 29.8 Å². The van der Waals surface area contributed by atoms with E-state index in [1.54, 1.807) is 0 Å². The molecule has 0 aromatic heterocycles. The second-order valence-corrected chi connectivity index (χ2v) is 4.60. The lowest BCUT2D eigenvalue weighted by Crippen LogP contribution is -2.53. The van der Waals surface area contributed by atoms with Crippen molar-refractivity contribution in [3.8, 4) is 0 Å². The molecule has 1 N–H and O–H groups in total. The molecule has 1 saturated heterocycles. The Bertz CT molecular complexity index is 354. The fraction of sp³-hybridized carbons (Fsp3) is 0.538. The van der Waals surface area contributed by atoms with Crippen molar-refractivity contribution < 1.29 is 5.11 Å². The average Bonchev–Trinajstić information content (AvgIpc) is 2.29. The molecule has 0 aliphatic carbocycles. The monoisotopic (exact) mass is 220 g/mol. The van der Waals surface area contributed by atoms with Gasteiger partial charge in [-0.15, -0.1) is 0 Å². The fourth-order valence-corrected chi connectivity index (χ4v) is 2.20. The van der Waals surface area contributed by atoms with Gasteiger partial charge in [-0.3, -0.25) is 4.90 Å². The molecule has 3 heteroatoms. The maximum absolute atomic E-state index is 9.31. The lowest BCUT2D eigenvalue weighted by atomic mass is 10.1. The van der Waals surface area contributed by atoms with Crippen LogP contribution in [0, 0.1) is 6.92 Å². The smallest absolute Gasteiger partial charge is 0.0604 e. The van der Waals surface area contributed by atoms with Crippen molar-refractivity contribution in [3.63, 3.8) is 0 Å². The quantitative estimate of drug-likeness (QED) is 0.809. The highest BCUT2D eigenvalue weighted by atomic mass is 16.3. The molecule has 0 amide bonds. The van der Waals surface area contributed by atoms with Crippen molar-refractivity contribution in [2.75, 3.05) is 38.2 Å². The van der Waals surface area contributed by atoms with Gasteiger partial charge >= 0.3 is 0 Å². The van der Waals surface area contributed by atoms with Crippen molar-refractivity contribution in [2.24, 2.45) is 0 Å². The van der Waals surface area contributed by atoms with E-state index in [2.05, 4.69) is 48.0 Å². The third-order valence-electron chi connectivity index (χ3n) is 3.35. The molecule has 2 rings (SSSR count). The molecule has 1 unspecified atom stereocenters. The van der Waals surface area contributed by atoms with E-state index in [4.69, 9.17) is 0 Å². The van der Waals surface area contributed by atoms with Gasteiger partial charge in [0.2, 0.25) is 0 Å². The predicted molar refractivity (Wildman–Crippen MR) is 66.9 cm³/mol. The van der Waals surface area contributed by atoms with Gasteiger partial charge in [-0.2, -0.15) is 0 Å². The van der Waals surface area contributed by atoms with Crippen LogP contribution in [-0.2, 0) is 0 Å². The number of aliphatic hydroxyl groups excluding tert-OH is 1. The van der Waals surface area contributed by atoms with Crippen LogP contribution in [0.25, 0.3) is 0 Å². The van der Waals surface area contributed by atoms with Gasteiger partial charge in [0.25, 0.3) is 0 Å². The summed E-state index contributed by atoms with van der Waals surface area (Å²) >= 11 is 0. The third-order valence-corrected chi connectivity index (χ3v) is 3.35. The normalized spacial score (nSPS) is 22.4. The van der Waals surface area contributed by atoms with Gasteiger partial charge in [0, 0.05) is 25.3 Å². The number of likely N-dealkylation sites (N-methyl/N-ethyl adjacent to an activating group) is 1. The molecule has 1 aromatic rings. The van der Waals surface area contributed by atoms with Crippen LogP contribution in [-0.4, -0.2) is 49.3 Å². The number of nitrogens with zero attached hydrogens (tertiary/aromatic N) is 2. The Morgan fingerprint density at radius 1 is 1.38 bits per heavy atom. The van der Waals surface area contributed by atoms with E-state index >= 15 is 0 Å². The summed E-state index contributed by atoms with van der Waals surface area (Å²) < 4.78 is 0. The lowest BCUT2D eigenvalue weighted by Gasteiger charge is -2.39. The zero-order chi connectivity index (χ0) is 11.5. The van der Waals surface area contributed by atoms with Gasteiger partial charge in [-0.1, -0.05) is 12.1 Å². The van der Waals surface area contributed by atoms with Crippen LogP contribution in [0.2, 0.25) is 0 Å². The van der Waals surface area contributed by atoms with Gasteiger partial charge < -0.3 is 10.0 Å². The van der Waals surface area contributed by atoms with Crippen molar-refractivity contribution >= 4 is 5.69 Å². The molecule has 0 saturated carbocycles. The first kappa shape index (κ1) is 11.4. The first-order valence-corrected chi connectivity index (χ1v) is 5.83. The van der Waals surface area contributed by atoms with E-state index < -0.39 is 0 Å². The van der Waals surface area contributed by atoms with Crippen LogP contribution < -0.4 is 4.90 Å². The number of benzene rings is 1. The summed E-state index contributed by atoms with van der Waals surface area (Å²) in [6, 6.07) is 8.82. The van der Waals surface area contributed by atoms with E-state index in [0.29, 0.717) is 0 Å². The Kier molecular flexibility index (Phi) is 3.46. The number of anilines is 1. The molecule has 1 aliphatic rings. The Labute approximate surface area is 97.3 Å². The van der Waals surface area contributed by atoms with Crippen molar-refractivity contribution in [1.29, 1.82) is 0 Å². The van der Waals surface area contributed by atoms with Gasteiger partial charge in [-0.05, 0) is 31.7 Å². The highest BCUT2D eigenvalue weighted by Gasteiger charge is 2.23. The fourth-order valence-electron chi connectivity index (χ4n) is 2.20. The summed E-state index contributed by atoms with van der Waals surface area (Å²) in [5.41, 5.74) is 2.56. The van der Waals surface area contributed by atoms with Gasteiger partial charge in [-0.25, -0.2) is 0 Å². The molecule has 1 aromatic carbocycles. The average molecular weight is 220 g/mol. The number of hydrogen-bond acceptors (Lipinski definition) is 3. The zero-order valence-electron chi connectivity index (χ0n) is 10.1. The van der Waals surface area contributed by atoms with Crippen molar-refractivity contribution in [1.82, 2.24) is 4.90 Å². The largest absolute Gasteiger partial charge is 0.395 e. The third kappa shape index (κ3) is 2.36. The molecular weight excluding hydrogens is 200 g/mol. The Hall–Kier alpha value is -1.06. The molecule has 3 nitrogen and oxygen atoms in total. The van der Waals surface area contributed by atoms with Gasteiger partial charge in [0.1, 0.15) is 0 Å². The Morgan fingerprint density at radius 2 is 2.19 bits per heavy atom. The maximum Gasteiger partial charge on any atom is 0.0604 e. The lowest BCUT2D eigenvalue weighted by molar-refractivity contribution is 0.135. The topological polar surface area (TPSA) is 26.7 Å². The highest BCUT2D eigenvalue weighted by molar-refractivity contribution is 5.49. The second-order valence-electron chi connectivity index (χ2n) is 4.60. The van der Waals surface area contributed by atoms with Crippen LogP contribution in [0.1, 0.15) is 5.56 Å². The summed E-state index contributed by atoms with van der Waals surface area (Å²) in [6.45, 7) is 5.31. The minimum Gasteiger partial charge on any atom is -0.395 e. The summed E-state index contributed by atoms with van der Waals surface area (Å²) in [5.74, 6) is 0. The number of piperazine rings is 1. The zero-order valence-corrected chi connectivity index (χ0v) is 10.1. The first-order valence-electron chi connectivity index (χ1n) is 5.83. The predicted octanol–water partition coefficient (Wildman–Crippen LogP) is 1.11. The summed E-state index contributed by atoms with van der Waals surface area (Å²) in [4.78, 5) is 4.58. The SMILES string of the molecule is Cc1cccc(N2CCN(C)C(CO)C2)c1. The van der Waals surface area contributed by atoms with Crippen molar-refractivity contribution in [2.45, 2.75) is 13.0 Å². The molecule has 1 heterocycles. The maximum atomic E-state index is 9.31. The minimum atomic E-state index is 0.235. The number of hydrogen-bond donors (Lipinski definition) is 1.